The van der Waals surface area contributed by atoms with Crippen molar-refractivity contribution in [3.05, 3.63) is 28.2 Å². The molecule has 0 spiro atoms. The number of benzene rings is 1. The molecular formula is C16H25BrN2O. The molecule has 0 aliphatic carbocycles. The summed E-state index contributed by atoms with van der Waals surface area (Å²) in [5.74, 6) is 1.66. The van der Waals surface area contributed by atoms with E-state index >= 15 is 0 Å². The normalized spacial score (nSPS) is 18.2. The SMILES string of the molecule is COc1ccc(Br)cc1[C@@H](CC(C)C)N1CCNCC1. The third kappa shape index (κ3) is 3.96. The van der Waals surface area contributed by atoms with Crippen molar-refractivity contribution >= 4 is 15.9 Å². The molecule has 1 aromatic carbocycles. The molecule has 1 atom stereocenters. The fraction of sp³-hybridized carbons (Fsp3) is 0.625. The molecule has 1 heterocycles. The molecule has 4 heteroatoms. The molecule has 1 aromatic rings. The van der Waals surface area contributed by atoms with E-state index in [2.05, 4.69) is 52.1 Å². The third-order valence-electron chi connectivity index (χ3n) is 3.84. The molecule has 1 fully saturated rings. The zero-order valence-corrected chi connectivity index (χ0v) is 14.2. The second-order valence-electron chi connectivity index (χ2n) is 5.82. The Labute approximate surface area is 130 Å². The van der Waals surface area contributed by atoms with Gasteiger partial charge in [0.15, 0.2) is 0 Å². The average Bonchev–Trinajstić information content (AvgIpc) is 2.45. The van der Waals surface area contributed by atoms with E-state index in [1.54, 1.807) is 7.11 Å². The molecule has 1 aliphatic heterocycles. The van der Waals surface area contributed by atoms with Crippen LogP contribution in [0.1, 0.15) is 31.9 Å². The Morgan fingerprint density at radius 3 is 2.60 bits per heavy atom. The highest BCUT2D eigenvalue weighted by molar-refractivity contribution is 9.10. The molecule has 1 saturated heterocycles. The van der Waals surface area contributed by atoms with Gasteiger partial charge in [0.1, 0.15) is 5.75 Å². The molecule has 0 bridgehead atoms. The van der Waals surface area contributed by atoms with Gasteiger partial charge in [-0.1, -0.05) is 29.8 Å². The van der Waals surface area contributed by atoms with E-state index in [-0.39, 0.29) is 0 Å². The van der Waals surface area contributed by atoms with E-state index in [1.807, 2.05) is 6.07 Å². The number of rotatable bonds is 5. The summed E-state index contributed by atoms with van der Waals surface area (Å²) in [5.41, 5.74) is 1.30. The summed E-state index contributed by atoms with van der Waals surface area (Å²) in [5, 5.41) is 3.43. The van der Waals surface area contributed by atoms with Crippen molar-refractivity contribution in [2.75, 3.05) is 33.3 Å². The van der Waals surface area contributed by atoms with E-state index in [1.165, 1.54) is 5.56 Å². The van der Waals surface area contributed by atoms with Gasteiger partial charge >= 0.3 is 0 Å². The van der Waals surface area contributed by atoms with Crippen molar-refractivity contribution in [1.82, 2.24) is 10.2 Å². The number of hydrogen-bond donors (Lipinski definition) is 1. The topological polar surface area (TPSA) is 24.5 Å². The minimum atomic E-state index is 0.435. The molecule has 0 aromatic heterocycles. The summed E-state index contributed by atoms with van der Waals surface area (Å²) < 4.78 is 6.71. The zero-order valence-electron chi connectivity index (χ0n) is 12.7. The van der Waals surface area contributed by atoms with Crippen LogP contribution >= 0.6 is 15.9 Å². The average molecular weight is 341 g/mol. The monoisotopic (exact) mass is 340 g/mol. The molecule has 1 aliphatic rings. The van der Waals surface area contributed by atoms with Gasteiger partial charge in [0.05, 0.1) is 7.11 Å². The molecule has 3 nitrogen and oxygen atoms in total. The van der Waals surface area contributed by atoms with E-state index in [0.717, 1.165) is 42.8 Å². The van der Waals surface area contributed by atoms with Crippen molar-refractivity contribution in [3.8, 4) is 5.75 Å². The van der Waals surface area contributed by atoms with Crippen molar-refractivity contribution in [2.24, 2.45) is 5.92 Å². The van der Waals surface area contributed by atoms with Crippen molar-refractivity contribution in [2.45, 2.75) is 26.3 Å². The van der Waals surface area contributed by atoms with Gasteiger partial charge in [0.2, 0.25) is 0 Å². The molecule has 0 unspecified atom stereocenters. The Hall–Kier alpha value is -0.580. The maximum absolute atomic E-state index is 5.59. The first kappa shape index (κ1) is 15.8. The van der Waals surface area contributed by atoms with Gasteiger partial charge in [-0.15, -0.1) is 0 Å². The first-order valence-corrected chi connectivity index (χ1v) is 8.19. The van der Waals surface area contributed by atoms with Crippen LogP contribution in [0.5, 0.6) is 5.75 Å². The summed E-state index contributed by atoms with van der Waals surface area (Å²) in [6.45, 7) is 8.94. The van der Waals surface area contributed by atoms with Gasteiger partial charge in [-0.05, 0) is 30.5 Å². The predicted molar refractivity (Wildman–Crippen MR) is 87.3 cm³/mol. The minimum Gasteiger partial charge on any atom is -0.496 e. The van der Waals surface area contributed by atoms with Crippen molar-refractivity contribution in [3.63, 3.8) is 0 Å². The second-order valence-corrected chi connectivity index (χ2v) is 6.73. The van der Waals surface area contributed by atoms with Crippen LogP contribution in [0.4, 0.5) is 0 Å². The van der Waals surface area contributed by atoms with Crippen molar-refractivity contribution in [1.29, 1.82) is 0 Å². The fourth-order valence-electron chi connectivity index (χ4n) is 2.88. The van der Waals surface area contributed by atoms with E-state index in [9.17, 15) is 0 Å². The summed E-state index contributed by atoms with van der Waals surface area (Å²) in [6, 6.07) is 6.76. The Kier molecular flexibility index (Phi) is 5.87. The van der Waals surface area contributed by atoms with Gasteiger partial charge in [-0.2, -0.15) is 0 Å². The number of halogens is 1. The zero-order chi connectivity index (χ0) is 14.5. The maximum atomic E-state index is 5.59. The summed E-state index contributed by atoms with van der Waals surface area (Å²) in [6.07, 6.45) is 1.16. The molecule has 20 heavy (non-hydrogen) atoms. The smallest absolute Gasteiger partial charge is 0.123 e. The third-order valence-corrected chi connectivity index (χ3v) is 4.33. The van der Waals surface area contributed by atoms with Gasteiger partial charge in [0.25, 0.3) is 0 Å². The Bertz CT molecular complexity index is 430. The quantitative estimate of drug-likeness (QED) is 0.888. The van der Waals surface area contributed by atoms with Crippen molar-refractivity contribution < 1.29 is 4.74 Å². The lowest BCUT2D eigenvalue weighted by molar-refractivity contribution is 0.151. The van der Waals surface area contributed by atoms with Crippen LogP contribution in [0, 0.1) is 5.92 Å². The molecule has 0 radical (unpaired) electrons. The van der Waals surface area contributed by atoms with Crippen LogP contribution in [0.2, 0.25) is 0 Å². The molecule has 1 N–H and O–H groups in total. The van der Waals surface area contributed by atoms with E-state index in [4.69, 9.17) is 4.74 Å². The fourth-order valence-corrected chi connectivity index (χ4v) is 3.26. The van der Waals surface area contributed by atoms with Crippen LogP contribution in [-0.2, 0) is 0 Å². The van der Waals surface area contributed by atoms with Gasteiger partial charge in [0, 0.05) is 42.3 Å². The molecular weight excluding hydrogens is 316 g/mol. The minimum absolute atomic E-state index is 0.435. The van der Waals surface area contributed by atoms with Crippen LogP contribution in [0.25, 0.3) is 0 Å². The number of nitrogens with one attached hydrogen (secondary N) is 1. The summed E-state index contributed by atoms with van der Waals surface area (Å²) in [4.78, 5) is 2.58. The first-order valence-electron chi connectivity index (χ1n) is 7.40. The van der Waals surface area contributed by atoms with Gasteiger partial charge < -0.3 is 10.1 Å². The van der Waals surface area contributed by atoms with Crippen LogP contribution in [0.15, 0.2) is 22.7 Å². The maximum Gasteiger partial charge on any atom is 0.123 e. The van der Waals surface area contributed by atoms with E-state index < -0.39 is 0 Å². The Balaban J connectivity index is 2.31. The predicted octanol–water partition coefficient (Wildman–Crippen LogP) is 3.45. The van der Waals surface area contributed by atoms with Gasteiger partial charge in [-0.3, -0.25) is 4.90 Å². The lowest BCUT2D eigenvalue weighted by Crippen LogP contribution is -2.45. The summed E-state index contributed by atoms with van der Waals surface area (Å²) in [7, 11) is 1.76. The highest BCUT2D eigenvalue weighted by Crippen LogP contribution is 2.35. The Morgan fingerprint density at radius 1 is 1.30 bits per heavy atom. The van der Waals surface area contributed by atoms with Crippen LogP contribution in [-0.4, -0.2) is 38.2 Å². The molecule has 112 valence electrons. The van der Waals surface area contributed by atoms with E-state index in [0.29, 0.717) is 12.0 Å². The number of piperazine rings is 1. The summed E-state index contributed by atoms with van der Waals surface area (Å²) >= 11 is 3.60. The number of ether oxygens (including phenoxy) is 1. The standard InChI is InChI=1S/C16H25BrN2O/c1-12(2)10-15(19-8-6-18-7-9-19)14-11-13(17)4-5-16(14)20-3/h4-5,11-12,15,18H,6-10H2,1-3H3/t15-/m1/s1. The Morgan fingerprint density at radius 2 is 2.00 bits per heavy atom. The first-order chi connectivity index (χ1) is 9.61. The second kappa shape index (κ2) is 7.43. The molecule has 0 saturated carbocycles. The van der Waals surface area contributed by atoms with Crippen LogP contribution < -0.4 is 10.1 Å². The highest BCUT2D eigenvalue weighted by Gasteiger charge is 2.25. The molecule has 0 amide bonds. The number of hydrogen-bond acceptors (Lipinski definition) is 3. The lowest BCUT2D eigenvalue weighted by atomic mass is 9.94. The number of nitrogens with zero attached hydrogens (tertiary/aromatic N) is 1. The largest absolute Gasteiger partial charge is 0.496 e. The number of methoxy groups -OCH3 is 1. The lowest BCUT2D eigenvalue weighted by Gasteiger charge is -2.36. The molecule has 2 rings (SSSR count). The highest BCUT2D eigenvalue weighted by atomic mass is 79.9. The van der Waals surface area contributed by atoms with Crippen LogP contribution in [0.3, 0.4) is 0 Å². The van der Waals surface area contributed by atoms with Gasteiger partial charge in [-0.25, -0.2) is 0 Å².